The summed E-state index contributed by atoms with van der Waals surface area (Å²) in [7, 11) is 0. The van der Waals surface area contributed by atoms with E-state index >= 15 is 0 Å². The second-order valence-corrected chi connectivity index (χ2v) is 17.1. The molecule has 4 aromatic carbocycles. The van der Waals surface area contributed by atoms with Gasteiger partial charge in [0.1, 0.15) is 46.3 Å². The van der Waals surface area contributed by atoms with E-state index in [1.807, 2.05) is 26.0 Å². The summed E-state index contributed by atoms with van der Waals surface area (Å²) in [5, 5.41) is 28.2. The fourth-order valence-electron chi connectivity index (χ4n) is 9.03. The van der Waals surface area contributed by atoms with E-state index in [1.54, 1.807) is 12.1 Å². The van der Waals surface area contributed by atoms with Crippen molar-refractivity contribution >= 4 is 41.1 Å². The van der Waals surface area contributed by atoms with Crippen LogP contribution in [0.4, 0.5) is 4.79 Å². The minimum atomic E-state index is -1.53. The predicted molar refractivity (Wildman–Crippen MR) is 230 cm³/mol. The molecule has 322 valence electrons. The normalized spacial score (nSPS) is 21.5. The number of amides is 3. The molecule has 0 saturated carbocycles. The van der Waals surface area contributed by atoms with E-state index < -0.39 is 29.7 Å². The van der Waals surface area contributed by atoms with Crippen molar-refractivity contribution in [1.29, 1.82) is 0 Å². The number of nitrogens with zero attached hydrogens (tertiary/aromatic N) is 1. The number of carboxylic acid groups (broad SMARTS) is 1. The summed E-state index contributed by atoms with van der Waals surface area (Å²) in [4.78, 5) is 38.3. The molecule has 0 bridgehead atoms. The average Bonchev–Trinajstić information content (AvgIpc) is 4.02. The first-order valence-corrected chi connectivity index (χ1v) is 21.5. The predicted octanol–water partition coefficient (Wildman–Crippen LogP) is 7.30. The van der Waals surface area contributed by atoms with Crippen LogP contribution < -0.4 is 34.9 Å². The molecule has 1 spiro atoms. The van der Waals surface area contributed by atoms with Crippen LogP contribution >= 0.6 is 23.2 Å². The number of aliphatic carboxylic acids is 1. The number of carbonyl (C=O) groups is 3. The number of aliphatic hydroxyl groups is 1. The lowest BCUT2D eigenvalue weighted by atomic mass is 9.91. The van der Waals surface area contributed by atoms with Gasteiger partial charge in [-0.3, -0.25) is 25.1 Å². The fourth-order valence-corrected chi connectivity index (χ4v) is 9.49. The van der Waals surface area contributed by atoms with Crippen molar-refractivity contribution in [3.8, 4) is 34.1 Å². The third-order valence-electron chi connectivity index (χ3n) is 12.3. The van der Waals surface area contributed by atoms with Crippen LogP contribution in [-0.2, 0) is 35.5 Å². The number of hydrogen-bond acceptors (Lipinski definition) is 10. The highest BCUT2D eigenvalue weighted by molar-refractivity contribution is 6.32. The molecule has 0 radical (unpaired) electrons. The third kappa shape index (κ3) is 8.34. The molecular formula is C46H50Cl2N4O9. The van der Waals surface area contributed by atoms with Crippen LogP contribution in [0.15, 0.2) is 60.7 Å². The van der Waals surface area contributed by atoms with Crippen LogP contribution in [0.25, 0.3) is 11.1 Å². The molecule has 3 amide bonds. The highest BCUT2D eigenvalue weighted by atomic mass is 35.5. The number of ether oxygens (including phenoxy) is 4. The summed E-state index contributed by atoms with van der Waals surface area (Å²) in [6.45, 7) is 7.10. The number of urea groups is 1. The molecule has 2 fully saturated rings. The van der Waals surface area contributed by atoms with Gasteiger partial charge in [0.2, 0.25) is 0 Å². The summed E-state index contributed by atoms with van der Waals surface area (Å²) in [6.07, 6.45) is 3.24. The molecule has 15 heteroatoms. The highest BCUT2D eigenvalue weighted by Crippen LogP contribution is 2.47. The second-order valence-electron chi connectivity index (χ2n) is 16.3. The minimum Gasteiger partial charge on any atom is -0.493 e. The van der Waals surface area contributed by atoms with Gasteiger partial charge in [-0.15, -0.1) is 0 Å². The van der Waals surface area contributed by atoms with Crippen molar-refractivity contribution in [2.24, 2.45) is 0 Å². The van der Waals surface area contributed by atoms with E-state index in [0.29, 0.717) is 77.9 Å². The average molecular weight is 874 g/mol. The Morgan fingerprint density at radius 2 is 1.43 bits per heavy atom. The first kappa shape index (κ1) is 42.6. The smallest absolute Gasteiger partial charge is 0.326 e. The van der Waals surface area contributed by atoms with Crippen LogP contribution in [0.5, 0.6) is 23.0 Å². The van der Waals surface area contributed by atoms with E-state index in [0.717, 1.165) is 53.5 Å². The molecule has 2 unspecified atom stereocenters. The number of hydrogen-bond donors (Lipinski definition) is 5. The summed E-state index contributed by atoms with van der Waals surface area (Å²) in [5.74, 6) is 0.734. The lowest BCUT2D eigenvalue weighted by molar-refractivity contribution is -0.146. The van der Waals surface area contributed by atoms with Gasteiger partial charge < -0.3 is 34.5 Å². The van der Waals surface area contributed by atoms with Crippen molar-refractivity contribution in [1.82, 2.24) is 20.9 Å². The molecule has 5 N–H and O–H groups in total. The number of carbonyl (C=O) groups excluding carboxylic acids is 2. The Bertz CT molecular complexity index is 2380. The summed E-state index contributed by atoms with van der Waals surface area (Å²) >= 11 is 13.7. The summed E-state index contributed by atoms with van der Waals surface area (Å²) < 4.78 is 25.3. The van der Waals surface area contributed by atoms with Crippen molar-refractivity contribution < 1.29 is 43.5 Å². The van der Waals surface area contributed by atoms with Gasteiger partial charge in [-0.1, -0.05) is 59.6 Å². The Labute approximate surface area is 364 Å². The zero-order valence-electron chi connectivity index (χ0n) is 34.4. The van der Waals surface area contributed by atoms with Crippen LogP contribution in [0, 0.1) is 0 Å². The van der Waals surface area contributed by atoms with E-state index in [-0.39, 0.29) is 24.7 Å². The quantitative estimate of drug-likeness (QED) is 0.0717. The maximum absolute atomic E-state index is 12.5. The fraction of sp³-hybridized carbons (Fsp3) is 0.413. The molecule has 13 nitrogen and oxygen atoms in total. The molecule has 8 rings (SSSR count). The molecule has 61 heavy (non-hydrogen) atoms. The number of benzene rings is 4. The molecular weight excluding hydrogens is 823 g/mol. The van der Waals surface area contributed by atoms with E-state index in [4.69, 9.17) is 42.1 Å². The van der Waals surface area contributed by atoms with E-state index in [1.165, 1.54) is 18.1 Å². The van der Waals surface area contributed by atoms with Crippen LogP contribution in [0.3, 0.4) is 0 Å². The molecule has 2 aliphatic carbocycles. The maximum Gasteiger partial charge on any atom is 0.326 e. The number of likely N-dealkylation sites (tertiary alicyclic amines) is 1. The van der Waals surface area contributed by atoms with Crippen LogP contribution in [0.1, 0.15) is 85.6 Å². The third-order valence-corrected chi connectivity index (χ3v) is 12.9. The van der Waals surface area contributed by atoms with Gasteiger partial charge in [0.25, 0.3) is 5.91 Å². The topological polar surface area (TPSA) is 168 Å². The minimum absolute atomic E-state index is 0.113. The Morgan fingerprint density at radius 1 is 0.869 bits per heavy atom. The number of rotatable bonds is 16. The van der Waals surface area contributed by atoms with Crippen molar-refractivity contribution in [2.75, 3.05) is 32.9 Å². The van der Waals surface area contributed by atoms with Crippen molar-refractivity contribution in [3.63, 3.8) is 0 Å². The molecule has 4 aliphatic rings. The number of nitrogens with one attached hydrogen (secondary N) is 3. The van der Waals surface area contributed by atoms with Crippen molar-refractivity contribution in [2.45, 2.75) is 89.3 Å². The van der Waals surface area contributed by atoms with Gasteiger partial charge in [-0.05, 0) is 98.4 Å². The Hall–Kier alpha value is -5.05. The second kappa shape index (κ2) is 17.4. The number of imide groups is 1. The van der Waals surface area contributed by atoms with Crippen molar-refractivity contribution in [3.05, 3.63) is 104 Å². The molecule has 2 heterocycles. The molecule has 2 saturated heterocycles. The number of halogens is 2. The maximum atomic E-state index is 12.5. The first-order chi connectivity index (χ1) is 29.3. The molecule has 0 aromatic heterocycles. The highest BCUT2D eigenvalue weighted by Gasteiger charge is 2.50. The summed E-state index contributed by atoms with van der Waals surface area (Å²) in [6, 6.07) is 19.5. The summed E-state index contributed by atoms with van der Waals surface area (Å²) in [5.41, 5.74) is 6.08. The van der Waals surface area contributed by atoms with Crippen LogP contribution in [-0.4, -0.2) is 77.0 Å². The Morgan fingerprint density at radius 3 is 1.93 bits per heavy atom. The zero-order chi connectivity index (χ0) is 43.1. The molecule has 4 aromatic rings. The number of aliphatic hydroxyl groups excluding tert-OH is 1. The molecule has 2 aliphatic heterocycles. The standard InChI is InChI=1S/C46H50Cl2N4O9/c1-4-58-38-20-40(34(47)18-26(38)22-49-45(3,25-53)43(55)56)60-36-14-12-30-28(8-6-10-32(30)36)29-9-7-11-33-31(29)13-15-37(33)61-41-21-39(59-5-2)27(19-35(41)48)23-52-17-16-46(24-52)42(54)50-44(57)51-46/h6-11,18-21,36-37,49,53H,4-5,12-17,22-25H2,1-3H3,(H,55,56)(H2,50,51,54,57)/t36-,37-,45?,46?/m0/s1. The van der Waals surface area contributed by atoms with Gasteiger partial charge in [-0.25, -0.2) is 4.79 Å². The Balaban J connectivity index is 0.993. The van der Waals surface area contributed by atoms with Gasteiger partial charge in [0.15, 0.2) is 0 Å². The van der Waals surface area contributed by atoms with Gasteiger partial charge in [0.05, 0.1) is 29.9 Å². The first-order valence-electron chi connectivity index (χ1n) is 20.8. The van der Waals surface area contributed by atoms with Gasteiger partial charge >= 0.3 is 12.0 Å². The van der Waals surface area contributed by atoms with Gasteiger partial charge in [0, 0.05) is 49.4 Å². The number of fused-ring (bicyclic) bond motifs is 2. The zero-order valence-corrected chi connectivity index (χ0v) is 35.9. The van der Waals surface area contributed by atoms with Crippen LogP contribution in [0.2, 0.25) is 10.0 Å². The Kier molecular flexibility index (Phi) is 12.1. The largest absolute Gasteiger partial charge is 0.493 e. The van der Waals surface area contributed by atoms with Gasteiger partial charge in [-0.2, -0.15) is 0 Å². The van der Waals surface area contributed by atoms with E-state index in [2.05, 4.69) is 57.2 Å². The van der Waals surface area contributed by atoms with E-state index in [9.17, 15) is 24.6 Å². The monoisotopic (exact) mass is 872 g/mol. The number of carboxylic acids is 1. The SMILES string of the molecule is CCOc1cc(O[C@H]2CCc3c(-c4cccc5c4CC[C@@H]5Oc4cc(OCC)c(CN5CCC6(C5)NC(=O)NC6=O)cc4Cl)cccc32)c(Cl)cc1CNC(C)(CO)C(=O)O. The lowest BCUT2D eigenvalue weighted by Crippen LogP contribution is -2.52. The molecule has 4 atom stereocenters. The lowest BCUT2D eigenvalue weighted by Gasteiger charge is -2.25.